The molecule has 0 unspecified atom stereocenters. The van der Waals surface area contributed by atoms with E-state index < -0.39 is 0 Å². The van der Waals surface area contributed by atoms with Crippen molar-refractivity contribution >= 4 is 11.6 Å². The number of methoxy groups -OCH3 is 1. The predicted octanol–water partition coefficient (Wildman–Crippen LogP) is 4.47. The molecule has 1 heterocycles. The van der Waals surface area contributed by atoms with Gasteiger partial charge < -0.3 is 14.6 Å². The molecule has 2 aliphatic rings. The highest BCUT2D eigenvalue weighted by Crippen LogP contribution is 2.31. The fraction of sp³-hybridized carbons (Fsp3) is 0.409. The average molecular weight is 350 g/mol. The van der Waals surface area contributed by atoms with Crippen molar-refractivity contribution in [2.24, 2.45) is 0 Å². The largest absolute Gasteiger partial charge is 0.497 e. The second-order valence-corrected chi connectivity index (χ2v) is 7.26. The van der Waals surface area contributed by atoms with Crippen LogP contribution < -0.4 is 10.1 Å². The summed E-state index contributed by atoms with van der Waals surface area (Å²) in [6, 6.07) is 10.6. The van der Waals surface area contributed by atoms with E-state index in [9.17, 15) is 4.79 Å². The smallest absolute Gasteiger partial charge is 0.157 e. The molecule has 4 nitrogen and oxygen atoms in total. The van der Waals surface area contributed by atoms with Crippen molar-refractivity contribution in [3.05, 3.63) is 58.9 Å². The van der Waals surface area contributed by atoms with Crippen LogP contribution in [0.15, 0.2) is 42.1 Å². The number of carbonyl (C=O) groups excluding carboxylic acids is 1. The van der Waals surface area contributed by atoms with Crippen molar-refractivity contribution < 1.29 is 9.53 Å². The second kappa shape index (κ2) is 7.40. The molecular formula is C22H26N2O2. The van der Waals surface area contributed by atoms with Crippen LogP contribution in [-0.2, 0) is 24.2 Å². The van der Waals surface area contributed by atoms with Gasteiger partial charge in [-0.05, 0) is 67.9 Å². The first-order valence-electron chi connectivity index (χ1n) is 9.57. The number of anilines is 1. The van der Waals surface area contributed by atoms with Gasteiger partial charge in [-0.25, -0.2) is 0 Å². The van der Waals surface area contributed by atoms with Crippen LogP contribution in [0.5, 0.6) is 5.75 Å². The Balaban J connectivity index is 1.64. The quantitative estimate of drug-likeness (QED) is 0.865. The lowest BCUT2D eigenvalue weighted by molar-refractivity contribution is -0.115. The van der Waals surface area contributed by atoms with Crippen molar-refractivity contribution in [1.29, 1.82) is 0 Å². The van der Waals surface area contributed by atoms with Crippen molar-refractivity contribution in [2.45, 2.75) is 51.5 Å². The Morgan fingerprint density at radius 2 is 1.85 bits per heavy atom. The van der Waals surface area contributed by atoms with Gasteiger partial charge in [-0.3, -0.25) is 4.79 Å². The van der Waals surface area contributed by atoms with Crippen LogP contribution in [0.3, 0.4) is 0 Å². The second-order valence-electron chi connectivity index (χ2n) is 7.26. The number of benzene rings is 1. The van der Waals surface area contributed by atoms with Gasteiger partial charge in [0.25, 0.3) is 0 Å². The van der Waals surface area contributed by atoms with E-state index in [1.807, 2.05) is 12.1 Å². The normalized spacial score (nSPS) is 16.8. The van der Waals surface area contributed by atoms with Crippen molar-refractivity contribution in [3.63, 3.8) is 0 Å². The Morgan fingerprint density at radius 3 is 2.62 bits per heavy atom. The Labute approximate surface area is 154 Å². The van der Waals surface area contributed by atoms with Crippen LogP contribution in [0.4, 0.5) is 5.82 Å². The number of rotatable bonds is 5. The number of nitrogens with zero attached hydrogens (tertiary/aromatic N) is 1. The van der Waals surface area contributed by atoms with E-state index >= 15 is 0 Å². The number of ketones is 1. The minimum atomic E-state index is 0.233. The highest BCUT2D eigenvalue weighted by Gasteiger charge is 2.20. The Bertz CT molecular complexity index is 831. The van der Waals surface area contributed by atoms with Crippen LogP contribution in [0.1, 0.15) is 48.9 Å². The Kier molecular flexibility index (Phi) is 4.83. The van der Waals surface area contributed by atoms with E-state index in [-0.39, 0.29) is 5.78 Å². The average Bonchev–Trinajstić information content (AvgIpc) is 3.00. The maximum Gasteiger partial charge on any atom is 0.157 e. The topological polar surface area (TPSA) is 43.3 Å². The van der Waals surface area contributed by atoms with Crippen molar-refractivity contribution in [1.82, 2.24) is 4.57 Å². The van der Waals surface area contributed by atoms with Crippen LogP contribution in [0, 0.1) is 0 Å². The Hall–Kier alpha value is -2.49. The molecule has 4 heteroatoms. The molecule has 0 atom stereocenters. The summed E-state index contributed by atoms with van der Waals surface area (Å²) >= 11 is 0. The SMILES string of the molecule is COc1ccc(Cn2c(NC3=CC(=O)CCC3)cc3c2CCCC3)cc1. The van der Waals surface area contributed by atoms with Gasteiger partial charge in [0.2, 0.25) is 0 Å². The third kappa shape index (κ3) is 3.55. The molecule has 4 rings (SSSR count). The molecule has 1 aromatic carbocycles. The van der Waals surface area contributed by atoms with Crippen molar-refractivity contribution in [3.8, 4) is 5.75 Å². The highest BCUT2D eigenvalue weighted by atomic mass is 16.5. The first kappa shape index (κ1) is 17.0. The zero-order chi connectivity index (χ0) is 17.9. The lowest BCUT2D eigenvalue weighted by Crippen LogP contribution is -2.14. The molecule has 0 aliphatic heterocycles. The fourth-order valence-corrected chi connectivity index (χ4v) is 4.02. The zero-order valence-electron chi connectivity index (χ0n) is 15.4. The number of fused-ring (bicyclic) bond motifs is 1. The first-order valence-corrected chi connectivity index (χ1v) is 9.57. The van der Waals surface area contributed by atoms with E-state index in [4.69, 9.17) is 4.74 Å². The van der Waals surface area contributed by atoms with Gasteiger partial charge >= 0.3 is 0 Å². The molecular weight excluding hydrogens is 324 g/mol. The molecule has 0 amide bonds. The summed E-state index contributed by atoms with van der Waals surface area (Å²) in [4.78, 5) is 11.8. The summed E-state index contributed by atoms with van der Waals surface area (Å²) in [6.07, 6.45) is 9.14. The van der Waals surface area contributed by atoms with E-state index in [1.54, 1.807) is 13.2 Å². The Morgan fingerprint density at radius 1 is 1.04 bits per heavy atom. The standard InChI is InChI=1S/C22H26N2O2/c1-26-20-11-9-16(10-12-20)15-24-21-8-3-2-5-17(21)13-22(24)23-18-6-4-7-19(25)14-18/h9-14,23H,2-8,15H2,1H3. The van der Waals surface area contributed by atoms with Crippen LogP contribution in [-0.4, -0.2) is 17.5 Å². The highest BCUT2D eigenvalue weighted by molar-refractivity contribution is 5.91. The molecule has 0 saturated heterocycles. The van der Waals surface area contributed by atoms with Crippen LogP contribution >= 0.6 is 0 Å². The van der Waals surface area contributed by atoms with E-state index in [0.29, 0.717) is 6.42 Å². The van der Waals surface area contributed by atoms with Gasteiger partial charge in [0.05, 0.1) is 7.11 Å². The van der Waals surface area contributed by atoms with Crippen LogP contribution in [0.25, 0.3) is 0 Å². The number of hydrogen-bond acceptors (Lipinski definition) is 3. The summed E-state index contributed by atoms with van der Waals surface area (Å²) < 4.78 is 7.67. The molecule has 2 aromatic rings. The van der Waals surface area contributed by atoms with Gasteiger partial charge in [0.1, 0.15) is 11.6 Å². The molecule has 0 bridgehead atoms. The summed E-state index contributed by atoms with van der Waals surface area (Å²) in [7, 11) is 1.69. The number of hydrogen-bond donors (Lipinski definition) is 1. The molecule has 2 aliphatic carbocycles. The molecule has 0 spiro atoms. The van der Waals surface area contributed by atoms with Gasteiger partial charge in [0.15, 0.2) is 5.78 Å². The van der Waals surface area contributed by atoms with E-state index in [2.05, 4.69) is 28.1 Å². The number of nitrogens with one attached hydrogen (secondary N) is 1. The van der Waals surface area contributed by atoms with Gasteiger partial charge in [-0.15, -0.1) is 0 Å². The van der Waals surface area contributed by atoms with E-state index in [1.165, 1.54) is 29.7 Å². The predicted molar refractivity (Wildman–Crippen MR) is 104 cm³/mol. The summed E-state index contributed by atoms with van der Waals surface area (Å²) in [5.41, 5.74) is 5.20. The number of aryl methyl sites for hydroxylation is 1. The van der Waals surface area contributed by atoms with Gasteiger partial charge in [-0.2, -0.15) is 0 Å². The minimum absolute atomic E-state index is 0.233. The third-order valence-electron chi connectivity index (χ3n) is 5.40. The molecule has 1 N–H and O–H groups in total. The molecule has 0 saturated carbocycles. The number of ether oxygens (including phenoxy) is 1. The first-order chi connectivity index (χ1) is 12.7. The number of aromatic nitrogens is 1. The molecule has 1 aromatic heterocycles. The molecule has 136 valence electrons. The van der Waals surface area contributed by atoms with E-state index in [0.717, 1.165) is 49.5 Å². The van der Waals surface area contributed by atoms with Gasteiger partial charge in [-0.1, -0.05) is 12.1 Å². The number of allylic oxidation sites excluding steroid dienone is 2. The maximum absolute atomic E-state index is 11.8. The van der Waals surface area contributed by atoms with Crippen LogP contribution in [0.2, 0.25) is 0 Å². The maximum atomic E-state index is 11.8. The minimum Gasteiger partial charge on any atom is -0.497 e. The molecule has 0 radical (unpaired) electrons. The summed E-state index contributed by atoms with van der Waals surface area (Å²) in [5, 5.41) is 3.56. The van der Waals surface area contributed by atoms with Gasteiger partial charge in [0, 0.05) is 30.4 Å². The third-order valence-corrected chi connectivity index (χ3v) is 5.40. The molecule has 0 fully saturated rings. The lowest BCUT2D eigenvalue weighted by Gasteiger charge is -2.20. The summed E-state index contributed by atoms with van der Waals surface area (Å²) in [6.45, 7) is 0.836. The zero-order valence-corrected chi connectivity index (χ0v) is 15.4. The monoisotopic (exact) mass is 350 g/mol. The van der Waals surface area contributed by atoms with Crippen molar-refractivity contribution in [2.75, 3.05) is 12.4 Å². The molecule has 26 heavy (non-hydrogen) atoms. The summed E-state index contributed by atoms with van der Waals surface area (Å²) in [5.74, 6) is 2.23. The lowest BCUT2D eigenvalue weighted by atomic mass is 9.98. The number of carbonyl (C=O) groups is 1. The fourth-order valence-electron chi connectivity index (χ4n) is 4.02.